The summed E-state index contributed by atoms with van der Waals surface area (Å²) in [5, 5.41) is 0. The minimum Gasteiger partial charge on any atom is -0.326 e. The normalized spacial score (nSPS) is 15.5. The van der Waals surface area contributed by atoms with Crippen LogP contribution in [-0.2, 0) is 19.4 Å². The van der Waals surface area contributed by atoms with Crippen LogP contribution in [0, 0.1) is 0 Å². The van der Waals surface area contributed by atoms with E-state index in [1.54, 1.807) is 0 Å². The molecule has 2 aromatic rings. The number of hydrogen-bond donors (Lipinski definition) is 1. The molecule has 15 heavy (non-hydrogen) atoms. The molecule has 0 atom stereocenters. The molecule has 1 aliphatic carbocycles. The fraction of sp³-hybridized carbons (Fsp3) is 0.417. The van der Waals surface area contributed by atoms with Crippen LogP contribution < -0.4 is 5.73 Å². The van der Waals surface area contributed by atoms with Gasteiger partial charge < -0.3 is 10.1 Å². The Hall–Kier alpha value is -1.35. The second kappa shape index (κ2) is 3.35. The summed E-state index contributed by atoms with van der Waals surface area (Å²) in [5.74, 6) is 0. The van der Waals surface area contributed by atoms with Crippen molar-refractivity contribution in [2.45, 2.75) is 32.2 Å². The Morgan fingerprint density at radius 1 is 1.27 bits per heavy atom. The highest BCUT2D eigenvalue weighted by Crippen LogP contribution is 2.22. The quantitative estimate of drug-likeness (QED) is 0.762. The fourth-order valence-corrected chi connectivity index (χ4v) is 2.36. The zero-order valence-electron chi connectivity index (χ0n) is 8.74. The average Bonchev–Trinajstić information content (AvgIpc) is 2.66. The molecule has 0 aliphatic heterocycles. The molecule has 3 heteroatoms. The molecule has 2 aromatic heterocycles. The average molecular weight is 201 g/mol. The van der Waals surface area contributed by atoms with Crippen LogP contribution in [0.2, 0.25) is 0 Å². The van der Waals surface area contributed by atoms with Gasteiger partial charge in [-0.3, -0.25) is 0 Å². The molecule has 0 saturated heterocycles. The summed E-state index contributed by atoms with van der Waals surface area (Å²) in [5.41, 5.74) is 10.6. The van der Waals surface area contributed by atoms with Crippen molar-refractivity contribution in [3.8, 4) is 0 Å². The summed E-state index contributed by atoms with van der Waals surface area (Å²) in [6, 6.07) is 4.13. The SMILES string of the molecule is NCc1ccc2nc3c(n2c1)CCCC3. The van der Waals surface area contributed by atoms with Gasteiger partial charge in [-0.25, -0.2) is 4.98 Å². The molecule has 0 bridgehead atoms. The summed E-state index contributed by atoms with van der Waals surface area (Å²) in [4.78, 5) is 4.65. The number of imidazole rings is 1. The molecule has 0 spiro atoms. The van der Waals surface area contributed by atoms with Gasteiger partial charge in [-0.2, -0.15) is 0 Å². The molecule has 2 N–H and O–H groups in total. The summed E-state index contributed by atoms with van der Waals surface area (Å²) in [7, 11) is 0. The second-order valence-corrected chi connectivity index (χ2v) is 4.18. The molecule has 0 radical (unpaired) electrons. The van der Waals surface area contributed by atoms with Gasteiger partial charge in [0, 0.05) is 18.4 Å². The Kier molecular flexibility index (Phi) is 1.99. The first kappa shape index (κ1) is 8.92. The number of nitrogens with zero attached hydrogens (tertiary/aromatic N) is 2. The Morgan fingerprint density at radius 2 is 2.13 bits per heavy atom. The van der Waals surface area contributed by atoms with Gasteiger partial charge >= 0.3 is 0 Å². The highest BCUT2D eigenvalue weighted by molar-refractivity contribution is 5.45. The first-order valence-corrected chi connectivity index (χ1v) is 5.57. The van der Waals surface area contributed by atoms with Crippen LogP contribution in [0.3, 0.4) is 0 Å². The van der Waals surface area contributed by atoms with Gasteiger partial charge in [-0.05, 0) is 37.3 Å². The number of hydrogen-bond acceptors (Lipinski definition) is 2. The Morgan fingerprint density at radius 3 is 3.00 bits per heavy atom. The Labute approximate surface area is 88.9 Å². The lowest BCUT2D eigenvalue weighted by atomic mass is 10.0. The van der Waals surface area contributed by atoms with Crippen LogP contribution in [0.25, 0.3) is 5.65 Å². The maximum absolute atomic E-state index is 5.65. The van der Waals surface area contributed by atoms with Gasteiger partial charge in [0.15, 0.2) is 0 Å². The fourth-order valence-electron chi connectivity index (χ4n) is 2.36. The highest BCUT2D eigenvalue weighted by atomic mass is 15.0. The molecule has 2 heterocycles. The van der Waals surface area contributed by atoms with Crippen LogP contribution in [-0.4, -0.2) is 9.38 Å². The van der Waals surface area contributed by atoms with Gasteiger partial charge in [0.1, 0.15) is 5.65 Å². The van der Waals surface area contributed by atoms with E-state index in [0.29, 0.717) is 6.54 Å². The van der Waals surface area contributed by atoms with E-state index in [0.717, 1.165) is 18.5 Å². The molecule has 0 amide bonds. The van der Waals surface area contributed by atoms with E-state index in [1.165, 1.54) is 29.8 Å². The van der Waals surface area contributed by atoms with E-state index >= 15 is 0 Å². The molecular weight excluding hydrogens is 186 g/mol. The van der Waals surface area contributed by atoms with Crippen molar-refractivity contribution in [3.05, 3.63) is 35.3 Å². The Bertz CT molecular complexity index is 499. The van der Waals surface area contributed by atoms with Crippen LogP contribution in [0.1, 0.15) is 29.8 Å². The van der Waals surface area contributed by atoms with Gasteiger partial charge in [-0.1, -0.05) is 6.07 Å². The molecule has 1 aliphatic rings. The number of rotatable bonds is 1. The van der Waals surface area contributed by atoms with Crippen molar-refractivity contribution in [1.29, 1.82) is 0 Å². The predicted octanol–water partition coefficient (Wildman–Crippen LogP) is 1.67. The summed E-state index contributed by atoms with van der Waals surface area (Å²) in [6.07, 6.45) is 6.99. The lowest BCUT2D eigenvalue weighted by Gasteiger charge is -2.10. The summed E-state index contributed by atoms with van der Waals surface area (Å²) < 4.78 is 2.22. The lowest BCUT2D eigenvalue weighted by Crippen LogP contribution is -2.04. The number of aromatic nitrogens is 2. The van der Waals surface area contributed by atoms with Crippen molar-refractivity contribution < 1.29 is 0 Å². The lowest BCUT2D eigenvalue weighted by molar-refractivity contribution is 0.659. The maximum Gasteiger partial charge on any atom is 0.137 e. The van der Waals surface area contributed by atoms with E-state index in [9.17, 15) is 0 Å². The topological polar surface area (TPSA) is 43.3 Å². The first-order chi connectivity index (χ1) is 7.38. The third-order valence-electron chi connectivity index (χ3n) is 3.17. The third kappa shape index (κ3) is 1.35. The minimum absolute atomic E-state index is 0.600. The minimum atomic E-state index is 0.600. The zero-order chi connectivity index (χ0) is 10.3. The van der Waals surface area contributed by atoms with Crippen molar-refractivity contribution in [2.24, 2.45) is 5.73 Å². The molecule has 0 aromatic carbocycles. The van der Waals surface area contributed by atoms with Crippen LogP contribution in [0.15, 0.2) is 18.3 Å². The molecule has 0 saturated carbocycles. The van der Waals surface area contributed by atoms with Gasteiger partial charge in [-0.15, -0.1) is 0 Å². The molecule has 78 valence electrons. The number of nitrogens with two attached hydrogens (primary N) is 1. The summed E-state index contributed by atoms with van der Waals surface area (Å²) >= 11 is 0. The van der Waals surface area contributed by atoms with Crippen LogP contribution in [0.4, 0.5) is 0 Å². The van der Waals surface area contributed by atoms with Gasteiger partial charge in [0.2, 0.25) is 0 Å². The predicted molar refractivity (Wildman–Crippen MR) is 59.7 cm³/mol. The molecule has 3 rings (SSSR count). The number of pyridine rings is 1. The van der Waals surface area contributed by atoms with Crippen molar-refractivity contribution in [1.82, 2.24) is 9.38 Å². The number of aryl methyl sites for hydroxylation is 2. The monoisotopic (exact) mass is 201 g/mol. The van der Waals surface area contributed by atoms with Crippen molar-refractivity contribution in [2.75, 3.05) is 0 Å². The van der Waals surface area contributed by atoms with E-state index in [2.05, 4.69) is 27.7 Å². The summed E-state index contributed by atoms with van der Waals surface area (Å²) in [6.45, 7) is 0.600. The second-order valence-electron chi connectivity index (χ2n) is 4.18. The zero-order valence-corrected chi connectivity index (χ0v) is 8.74. The first-order valence-electron chi connectivity index (χ1n) is 5.57. The third-order valence-corrected chi connectivity index (χ3v) is 3.17. The van der Waals surface area contributed by atoms with Crippen molar-refractivity contribution in [3.63, 3.8) is 0 Å². The molecule has 0 fully saturated rings. The van der Waals surface area contributed by atoms with E-state index in [4.69, 9.17) is 5.73 Å². The van der Waals surface area contributed by atoms with Gasteiger partial charge in [0.05, 0.1) is 5.69 Å². The molecule has 3 nitrogen and oxygen atoms in total. The molecule has 0 unspecified atom stereocenters. The number of fused-ring (bicyclic) bond motifs is 3. The molecular formula is C12H15N3. The maximum atomic E-state index is 5.65. The van der Waals surface area contributed by atoms with Gasteiger partial charge in [0.25, 0.3) is 0 Å². The highest BCUT2D eigenvalue weighted by Gasteiger charge is 2.15. The van der Waals surface area contributed by atoms with Crippen LogP contribution in [0.5, 0.6) is 0 Å². The van der Waals surface area contributed by atoms with Crippen molar-refractivity contribution >= 4 is 5.65 Å². The smallest absolute Gasteiger partial charge is 0.137 e. The largest absolute Gasteiger partial charge is 0.326 e. The van der Waals surface area contributed by atoms with E-state index in [-0.39, 0.29) is 0 Å². The van der Waals surface area contributed by atoms with E-state index < -0.39 is 0 Å². The van der Waals surface area contributed by atoms with E-state index in [1.807, 2.05) is 0 Å². The van der Waals surface area contributed by atoms with Crippen LogP contribution >= 0.6 is 0 Å². The standard InChI is InChI=1S/C12H15N3/c13-7-9-5-6-12-14-10-3-1-2-4-11(10)15(12)8-9/h5-6,8H,1-4,7,13H2. The Balaban J connectivity index is 2.24.